The van der Waals surface area contributed by atoms with Crippen molar-refractivity contribution in [3.8, 4) is 0 Å². The van der Waals surface area contributed by atoms with E-state index in [0.717, 1.165) is 10.9 Å². The van der Waals surface area contributed by atoms with Gasteiger partial charge in [-0.05, 0) is 0 Å². The number of allylic oxidation sites excluding steroid dienone is 1. The first kappa shape index (κ1) is 25.8. The molecule has 0 radical (unpaired) electrons. The van der Waals surface area contributed by atoms with Crippen molar-refractivity contribution in [1.82, 2.24) is 0 Å². The summed E-state index contributed by atoms with van der Waals surface area (Å²) in [7, 11) is 0. The zero-order chi connectivity index (χ0) is 23.2. The molecule has 1 N–H and O–H groups in total. The summed E-state index contributed by atoms with van der Waals surface area (Å²) < 4.78 is 5.08. The van der Waals surface area contributed by atoms with E-state index < -0.39 is 24.5 Å². The summed E-state index contributed by atoms with van der Waals surface area (Å²) >= 11 is -3.39. The van der Waals surface area contributed by atoms with E-state index >= 15 is 0 Å². The Balaban J connectivity index is 1.77. The molecule has 2 heteroatoms. The number of aliphatic hydroxyl groups is 1. The fourth-order valence-corrected chi connectivity index (χ4v) is 18.4. The van der Waals surface area contributed by atoms with Gasteiger partial charge in [-0.3, -0.25) is 0 Å². The van der Waals surface area contributed by atoms with Gasteiger partial charge in [0.1, 0.15) is 0 Å². The van der Waals surface area contributed by atoms with Crippen LogP contribution in [0.15, 0.2) is 103 Å². The standard InChI is InChI=1S/C13H25O.3C6H5.Sn/c1-3-4-5-6-7-8-9-10-11-12-13(2)14;3*1-2-4-6-5-3-1;/h11-14H,2-10H2,1H3;3*1-5H;/b12-11+;;;;. The molecule has 1 unspecified atom stereocenters. The van der Waals surface area contributed by atoms with Crippen LogP contribution < -0.4 is 10.7 Å². The van der Waals surface area contributed by atoms with Gasteiger partial charge in [-0.25, -0.2) is 0 Å². The monoisotopic (exact) mass is 548 g/mol. The molecule has 0 aliphatic heterocycles. The maximum atomic E-state index is 11.2. The molecule has 0 bridgehead atoms. The maximum absolute atomic E-state index is 11.2. The molecule has 33 heavy (non-hydrogen) atoms. The third kappa shape index (κ3) is 7.58. The summed E-state index contributed by atoms with van der Waals surface area (Å²) in [6.07, 6.45) is 14.2. The molecule has 0 saturated heterocycles. The molecule has 0 aromatic heterocycles. The van der Waals surface area contributed by atoms with Crippen LogP contribution in [0.5, 0.6) is 0 Å². The zero-order valence-corrected chi connectivity index (χ0v) is 23.1. The van der Waals surface area contributed by atoms with Crippen molar-refractivity contribution in [2.45, 2.75) is 68.8 Å². The van der Waals surface area contributed by atoms with E-state index in [4.69, 9.17) is 0 Å². The molecule has 0 heterocycles. The van der Waals surface area contributed by atoms with Crippen molar-refractivity contribution < 1.29 is 5.11 Å². The summed E-state index contributed by atoms with van der Waals surface area (Å²) in [6, 6.07) is 32.9. The van der Waals surface area contributed by atoms with Crippen LogP contribution in [0.4, 0.5) is 0 Å². The minimum absolute atomic E-state index is 0.425. The van der Waals surface area contributed by atoms with Gasteiger partial charge in [-0.2, -0.15) is 0 Å². The van der Waals surface area contributed by atoms with Crippen molar-refractivity contribution in [2.75, 3.05) is 0 Å². The second kappa shape index (κ2) is 14.4. The first-order chi connectivity index (χ1) is 16.3. The topological polar surface area (TPSA) is 20.2 Å². The van der Waals surface area contributed by atoms with Gasteiger partial charge >= 0.3 is 199 Å². The molecular weight excluding hydrogens is 507 g/mol. The Hall–Kier alpha value is -1.84. The fourth-order valence-electron chi connectivity index (χ4n) is 4.88. The molecule has 1 nitrogen and oxygen atoms in total. The van der Waals surface area contributed by atoms with Gasteiger partial charge in [0, 0.05) is 0 Å². The van der Waals surface area contributed by atoms with Gasteiger partial charge in [-0.1, -0.05) is 6.92 Å². The Kier molecular flexibility index (Phi) is 11.3. The van der Waals surface area contributed by atoms with Crippen LogP contribution in [-0.2, 0) is 0 Å². The van der Waals surface area contributed by atoms with E-state index in [-0.39, 0.29) is 0 Å². The molecule has 0 amide bonds. The van der Waals surface area contributed by atoms with Crippen LogP contribution in [0.1, 0.15) is 58.3 Å². The zero-order valence-electron chi connectivity index (χ0n) is 20.2. The average molecular weight is 547 g/mol. The van der Waals surface area contributed by atoms with Crippen LogP contribution >= 0.6 is 0 Å². The van der Waals surface area contributed by atoms with Crippen molar-refractivity contribution >= 4 is 29.1 Å². The summed E-state index contributed by atoms with van der Waals surface area (Å²) in [4.78, 5) is 0. The Labute approximate surface area is 205 Å². The third-order valence-corrected chi connectivity index (χ3v) is 20.9. The Morgan fingerprint density at radius 2 is 1.06 bits per heavy atom. The molecule has 3 aromatic rings. The van der Waals surface area contributed by atoms with Gasteiger partial charge < -0.3 is 0 Å². The SMILES string of the molecule is CCCCCCCCC/C=C/C(O)[CH2][Sn]([c]1ccccc1)([c]1ccccc1)[c]1ccccc1. The molecule has 0 aliphatic carbocycles. The first-order valence-corrected chi connectivity index (χ1v) is 19.1. The Bertz CT molecular complexity index is 824. The predicted octanol–water partition coefficient (Wildman–Crippen LogP) is 6.21. The van der Waals surface area contributed by atoms with Gasteiger partial charge in [0.15, 0.2) is 0 Å². The number of benzene rings is 3. The summed E-state index contributed by atoms with van der Waals surface area (Å²) in [6.45, 7) is 2.27. The van der Waals surface area contributed by atoms with Crippen molar-refractivity contribution in [1.29, 1.82) is 0 Å². The number of unbranched alkanes of at least 4 members (excludes halogenated alkanes) is 7. The average Bonchev–Trinajstić information content (AvgIpc) is 2.88. The molecule has 0 fully saturated rings. The van der Waals surface area contributed by atoms with Crippen molar-refractivity contribution in [2.24, 2.45) is 0 Å². The number of hydrogen-bond acceptors (Lipinski definition) is 1. The molecule has 1 atom stereocenters. The molecule has 0 saturated carbocycles. The molecular formula is C31H40OSn. The number of hydrogen-bond donors (Lipinski definition) is 1. The summed E-state index contributed by atoms with van der Waals surface area (Å²) in [5.41, 5.74) is 0. The predicted molar refractivity (Wildman–Crippen MR) is 147 cm³/mol. The van der Waals surface area contributed by atoms with Gasteiger partial charge in [0.05, 0.1) is 0 Å². The van der Waals surface area contributed by atoms with Crippen LogP contribution in [0.2, 0.25) is 4.44 Å². The number of rotatable bonds is 14. The second-order valence-corrected chi connectivity index (χ2v) is 20.4. The summed E-state index contributed by atoms with van der Waals surface area (Å²) in [5, 5.41) is 11.2. The van der Waals surface area contributed by atoms with Gasteiger partial charge in [0.25, 0.3) is 0 Å². The van der Waals surface area contributed by atoms with E-state index in [1.54, 1.807) is 0 Å². The summed E-state index contributed by atoms with van der Waals surface area (Å²) in [5.74, 6) is 0. The Morgan fingerprint density at radius 1 is 0.636 bits per heavy atom. The quantitative estimate of drug-likeness (QED) is 0.145. The van der Waals surface area contributed by atoms with E-state index in [1.165, 1.54) is 55.7 Å². The van der Waals surface area contributed by atoms with Crippen LogP contribution in [0.25, 0.3) is 0 Å². The van der Waals surface area contributed by atoms with E-state index in [0.29, 0.717) is 0 Å². The van der Waals surface area contributed by atoms with E-state index in [1.807, 2.05) is 0 Å². The number of aliphatic hydroxyl groups excluding tert-OH is 1. The van der Waals surface area contributed by atoms with Crippen LogP contribution in [0.3, 0.4) is 0 Å². The molecule has 3 rings (SSSR count). The van der Waals surface area contributed by atoms with Crippen molar-refractivity contribution in [3.05, 3.63) is 103 Å². The van der Waals surface area contributed by atoms with E-state index in [2.05, 4.69) is 110 Å². The van der Waals surface area contributed by atoms with Crippen LogP contribution in [-0.4, -0.2) is 29.6 Å². The van der Waals surface area contributed by atoms with Crippen molar-refractivity contribution in [3.63, 3.8) is 0 Å². The normalized spacial score (nSPS) is 12.8. The Morgan fingerprint density at radius 3 is 1.52 bits per heavy atom. The van der Waals surface area contributed by atoms with E-state index in [9.17, 15) is 5.11 Å². The van der Waals surface area contributed by atoms with Gasteiger partial charge in [-0.15, -0.1) is 0 Å². The minimum atomic E-state index is -3.39. The third-order valence-electron chi connectivity index (χ3n) is 6.65. The second-order valence-electron chi connectivity index (χ2n) is 9.11. The molecule has 174 valence electrons. The fraction of sp³-hybridized carbons (Fsp3) is 0.355. The molecule has 0 aliphatic rings. The molecule has 3 aromatic carbocycles. The van der Waals surface area contributed by atoms with Crippen LogP contribution in [0, 0.1) is 0 Å². The van der Waals surface area contributed by atoms with Gasteiger partial charge in [0.2, 0.25) is 0 Å². The first-order valence-electron chi connectivity index (χ1n) is 12.8. The molecule has 0 spiro atoms.